The number of benzene rings is 3. The Bertz CT molecular complexity index is 1060. The maximum absolute atomic E-state index is 12.4. The van der Waals surface area contributed by atoms with Crippen molar-refractivity contribution in [3.8, 4) is 5.75 Å². The minimum absolute atomic E-state index is 0.0367. The van der Waals surface area contributed by atoms with Gasteiger partial charge < -0.3 is 15.0 Å². The fraction of sp³-hybridized carbons (Fsp3) is 0.192. The van der Waals surface area contributed by atoms with Crippen LogP contribution in [0.2, 0.25) is 0 Å². The number of ketones is 1. The zero-order valence-electron chi connectivity index (χ0n) is 18.2. The lowest BCUT2D eigenvalue weighted by Crippen LogP contribution is -2.30. The van der Waals surface area contributed by atoms with E-state index in [4.69, 9.17) is 4.74 Å². The van der Waals surface area contributed by atoms with Crippen LogP contribution in [-0.2, 0) is 4.79 Å². The Hall–Kier alpha value is -3.93. The summed E-state index contributed by atoms with van der Waals surface area (Å²) in [6, 6.07) is 22.5. The Labute approximate surface area is 187 Å². The van der Waals surface area contributed by atoms with Crippen LogP contribution in [0.25, 0.3) is 0 Å². The number of hydrogen-bond donors (Lipinski definition) is 1. The van der Waals surface area contributed by atoms with Crippen LogP contribution in [0, 0.1) is 0 Å². The molecule has 0 aromatic heterocycles. The SMILES string of the molecule is CCN(CC)C(=O)c1ccc(NC(=O)COc2ccc(C(=O)c3ccccc3)cc2)cc1. The summed E-state index contributed by atoms with van der Waals surface area (Å²) in [6.45, 7) is 4.99. The molecule has 3 rings (SSSR count). The zero-order valence-corrected chi connectivity index (χ0v) is 18.2. The molecule has 0 radical (unpaired) electrons. The number of nitrogens with one attached hydrogen (secondary N) is 1. The molecule has 0 unspecified atom stereocenters. The first-order chi connectivity index (χ1) is 15.5. The predicted molar refractivity (Wildman–Crippen MR) is 124 cm³/mol. The third-order valence-corrected chi connectivity index (χ3v) is 4.99. The summed E-state index contributed by atoms with van der Waals surface area (Å²) in [4.78, 5) is 38.7. The number of carbonyl (C=O) groups excluding carboxylic acids is 3. The van der Waals surface area contributed by atoms with Crippen LogP contribution >= 0.6 is 0 Å². The fourth-order valence-electron chi connectivity index (χ4n) is 3.19. The van der Waals surface area contributed by atoms with E-state index in [1.165, 1.54) is 0 Å². The van der Waals surface area contributed by atoms with Crippen molar-refractivity contribution >= 4 is 23.3 Å². The van der Waals surface area contributed by atoms with Crippen molar-refractivity contribution in [3.63, 3.8) is 0 Å². The van der Waals surface area contributed by atoms with Crippen molar-refractivity contribution in [2.75, 3.05) is 25.0 Å². The van der Waals surface area contributed by atoms with Gasteiger partial charge in [-0.3, -0.25) is 14.4 Å². The Morgan fingerprint density at radius 2 is 1.31 bits per heavy atom. The number of amides is 2. The summed E-state index contributed by atoms with van der Waals surface area (Å²) in [5, 5.41) is 2.74. The van der Waals surface area contributed by atoms with Gasteiger partial charge in [0, 0.05) is 35.5 Å². The molecule has 0 heterocycles. The van der Waals surface area contributed by atoms with Gasteiger partial charge in [-0.1, -0.05) is 30.3 Å². The highest BCUT2D eigenvalue weighted by atomic mass is 16.5. The summed E-state index contributed by atoms with van der Waals surface area (Å²) in [5.74, 6) is 0.0606. The Balaban J connectivity index is 1.51. The molecule has 6 heteroatoms. The summed E-state index contributed by atoms with van der Waals surface area (Å²) in [7, 11) is 0. The van der Waals surface area contributed by atoms with Crippen LogP contribution in [0.1, 0.15) is 40.1 Å². The van der Waals surface area contributed by atoms with E-state index in [0.29, 0.717) is 41.2 Å². The van der Waals surface area contributed by atoms with Crippen molar-refractivity contribution in [1.82, 2.24) is 4.90 Å². The molecule has 1 N–H and O–H groups in total. The van der Waals surface area contributed by atoms with Crippen LogP contribution in [0.5, 0.6) is 5.75 Å². The largest absolute Gasteiger partial charge is 0.484 e. The highest BCUT2D eigenvalue weighted by Gasteiger charge is 2.13. The van der Waals surface area contributed by atoms with E-state index in [0.717, 1.165) is 0 Å². The molecule has 3 aromatic rings. The van der Waals surface area contributed by atoms with Gasteiger partial charge in [0.25, 0.3) is 11.8 Å². The lowest BCUT2D eigenvalue weighted by Gasteiger charge is -2.18. The topological polar surface area (TPSA) is 75.7 Å². The van der Waals surface area contributed by atoms with E-state index < -0.39 is 0 Å². The Morgan fingerprint density at radius 3 is 1.91 bits per heavy atom. The second-order valence-corrected chi connectivity index (χ2v) is 7.11. The van der Waals surface area contributed by atoms with Crippen LogP contribution < -0.4 is 10.1 Å². The van der Waals surface area contributed by atoms with Crippen molar-refractivity contribution in [2.24, 2.45) is 0 Å². The molecule has 32 heavy (non-hydrogen) atoms. The van der Waals surface area contributed by atoms with Crippen LogP contribution in [0.3, 0.4) is 0 Å². The van der Waals surface area contributed by atoms with E-state index in [1.54, 1.807) is 65.6 Å². The molecule has 0 saturated carbocycles. The average molecular weight is 431 g/mol. The molecule has 0 saturated heterocycles. The lowest BCUT2D eigenvalue weighted by atomic mass is 10.0. The van der Waals surface area contributed by atoms with E-state index in [9.17, 15) is 14.4 Å². The summed E-state index contributed by atoms with van der Waals surface area (Å²) < 4.78 is 5.52. The first-order valence-electron chi connectivity index (χ1n) is 10.5. The van der Waals surface area contributed by atoms with Crippen LogP contribution in [0.15, 0.2) is 78.9 Å². The van der Waals surface area contributed by atoms with Gasteiger partial charge >= 0.3 is 0 Å². The molecule has 0 fully saturated rings. The van der Waals surface area contributed by atoms with Gasteiger partial charge in [0.05, 0.1) is 0 Å². The first kappa shape index (κ1) is 22.7. The maximum atomic E-state index is 12.4. The summed E-state index contributed by atoms with van der Waals surface area (Å²) in [6.07, 6.45) is 0. The first-order valence-corrected chi connectivity index (χ1v) is 10.5. The lowest BCUT2D eigenvalue weighted by molar-refractivity contribution is -0.118. The number of rotatable bonds is 9. The molecule has 0 aliphatic carbocycles. The maximum Gasteiger partial charge on any atom is 0.262 e. The van der Waals surface area contributed by atoms with Crippen molar-refractivity contribution in [2.45, 2.75) is 13.8 Å². The van der Waals surface area contributed by atoms with Crippen LogP contribution in [0.4, 0.5) is 5.69 Å². The highest BCUT2D eigenvalue weighted by molar-refractivity contribution is 6.09. The number of anilines is 1. The molecule has 3 aromatic carbocycles. The Morgan fingerprint density at radius 1 is 0.750 bits per heavy atom. The van der Waals surface area contributed by atoms with Gasteiger partial charge in [-0.15, -0.1) is 0 Å². The van der Waals surface area contributed by atoms with Crippen molar-refractivity contribution in [1.29, 1.82) is 0 Å². The van der Waals surface area contributed by atoms with Crippen LogP contribution in [-0.4, -0.2) is 42.2 Å². The van der Waals surface area contributed by atoms with Crippen molar-refractivity contribution < 1.29 is 19.1 Å². The standard InChI is InChI=1S/C26H26N2O4/c1-3-28(4-2)26(31)21-10-14-22(15-11-21)27-24(29)18-32-23-16-12-20(13-17-23)25(30)19-8-6-5-7-9-19/h5-17H,3-4,18H2,1-2H3,(H,27,29). The van der Waals surface area contributed by atoms with Gasteiger partial charge in [0.15, 0.2) is 12.4 Å². The third-order valence-electron chi connectivity index (χ3n) is 4.99. The van der Waals surface area contributed by atoms with Gasteiger partial charge in [0.2, 0.25) is 0 Å². The van der Waals surface area contributed by atoms with Gasteiger partial charge in [-0.2, -0.15) is 0 Å². The molecular weight excluding hydrogens is 404 g/mol. The number of nitrogens with zero attached hydrogens (tertiary/aromatic N) is 1. The molecule has 0 aliphatic rings. The monoisotopic (exact) mass is 430 g/mol. The fourth-order valence-corrected chi connectivity index (χ4v) is 3.19. The Kier molecular flexibility index (Phi) is 7.75. The van der Waals surface area contributed by atoms with E-state index in [-0.39, 0.29) is 24.2 Å². The molecule has 0 aliphatic heterocycles. The van der Waals surface area contributed by atoms with E-state index in [1.807, 2.05) is 32.0 Å². The number of carbonyl (C=O) groups is 3. The minimum Gasteiger partial charge on any atom is -0.484 e. The van der Waals surface area contributed by atoms with E-state index in [2.05, 4.69) is 5.32 Å². The molecule has 0 atom stereocenters. The van der Waals surface area contributed by atoms with Gasteiger partial charge in [-0.25, -0.2) is 0 Å². The van der Waals surface area contributed by atoms with Gasteiger partial charge in [-0.05, 0) is 62.4 Å². The third kappa shape index (κ3) is 5.82. The zero-order chi connectivity index (χ0) is 22.9. The quantitative estimate of drug-likeness (QED) is 0.510. The normalized spacial score (nSPS) is 10.3. The summed E-state index contributed by atoms with van der Waals surface area (Å²) in [5.41, 5.74) is 2.32. The molecule has 0 spiro atoms. The van der Waals surface area contributed by atoms with Gasteiger partial charge in [0.1, 0.15) is 5.75 Å². The summed E-state index contributed by atoms with van der Waals surface area (Å²) >= 11 is 0. The molecule has 0 bridgehead atoms. The second kappa shape index (κ2) is 10.9. The minimum atomic E-state index is -0.322. The smallest absolute Gasteiger partial charge is 0.262 e. The average Bonchev–Trinajstić information content (AvgIpc) is 2.84. The molecule has 164 valence electrons. The van der Waals surface area contributed by atoms with Crippen molar-refractivity contribution in [3.05, 3.63) is 95.6 Å². The second-order valence-electron chi connectivity index (χ2n) is 7.11. The highest BCUT2D eigenvalue weighted by Crippen LogP contribution is 2.16. The predicted octanol–water partition coefficient (Wildman–Crippen LogP) is 4.42. The number of hydrogen-bond acceptors (Lipinski definition) is 4. The molecule has 6 nitrogen and oxygen atoms in total. The van der Waals surface area contributed by atoms with E-state index >= 15 is 0 Å². The number of ether oxygens (including phenoxy) is 1. The molecule has 2 amide bonds. The molecular formula is C26H26N2O4.